The van der Waals surface area contributed by atoms with E-state index in [1.54, 1.807) is 11.8 Å². The number of halogens is 1. The highest BCUT2D eigenvalue weighted by Gasteiger charge is 2.19. The van der Waals surface area contributed by atoms with Crippen molar-refractivity contribution in [1.29, 1.82) is 0 Å². The van der Waals surface area contributed by atoms with E-state index in [-0.39, 0.29) is 5.78 Å². The molecular weight excluding hydrogens is 324 g/mol. The Morgan fingerprint density at radius 3 is 2.62 bits per heavy atom. The van der Waals surface area contributed by atoms with E-state index in [1.807, 2.05) is 37.4 Å². The number of carbonyl (C=O) groups excluding carboxylic acids is 1. The fraction of sp³-hybridized carbons (Fsp3) is 0.267. The topological polar surface area (TPSA) is 55.1 Å². The minimum Gasteiger partial charge on any atom is -0.396 e. The van der Waals surface area contributed by atoms with Crippen molar-refractivity contribution < 1.29 is 4.79 Å². The van der Waals surface area contributed by atoms with Crippen LogP contribution in [0.15, 0.2) is 29.2 Å². The monoisotopic (exact) mass is 340 g/mol. The van der Waals surface area contributed by atoms with Gasteiger partial charge in [-0.1, -0.05) is 30.7 Å². The lowest BCUT2D eigenvalue weighted by atomic mass is 10.2. The van der Waals surface area contributed by atoms with Crippen molar-refractivity contribution in [3.63, 3.8) is 0 Å². The van der Waals surface area contributed by atoms with Gasteiger partial charge in [0.15, 0.2) is 5.78 Å². The lowest BCUT2D eigenvalue weighted by Crippen LogP contribution is -1.99. The summed E-state index contributed by atoms with van der Waals surface area (Å²) in [5, 5.41) is 5.04. The largest absolute Gasteiger partial charge is 0.396 e. The van der Waals surface area contributed by atoms with E-state index < -0.39 is 0 Å². The van der Waals surface area contributed by atoms with Gasteiger partial charge in [0.2, 0.25) is 0 Å². The van der Waals surface area contributed by atoms with E-state index in [1.165, 1.54) is 11.3 Å². The maximum atomic E-state index is 11.9. The number of nitrogen functional groups attached to an aromatic ring is 1. The first-order valence-corrected chi connectivity index (χ1v) is 8.96. The molecule has 0 saturated carbocycles. The van der Waals surface area contributed by atoms with Crippen molar-refractivity contribution in [2.75, 3.05) is 17.3 Å². The predicted molar refractivity (Wildman–Crippen MR) is 93.9 cm³/mol. The molecule has 0 fully saturated rings. The number of anilines is 2. The lowest BCUT2D eigenvalue weighted by molar-refractivity contribution is 0.0992. The average molecular weight is 341 g/mol. The van der Waals surface area contributed by atoms with Gasteiger partial charge in [0, 0.05) is 18.0 Å². The van der Waals surface area contributed by atoms with Gasteiger partial charge in [-0.3, -0.25) is 4.79 Å². The fourth-order valence-electron chi connectivity index (χ4n) is 1.90. The molecule has 0 unspecified atom stereocenters. The van der Waals surface area contributed by atoms with Gasteiger partial charge in [-0.05, 0) is 24.0 Å². The van der Waals surface area contributed by atoms with Crippen LogP contribution in [-0.4, -0.2) is 12.0 Å². The van der Waals surface area contributed by atoms with E-state index in [4.69, 9.17) is 17.3 Å². The molecule has 0 radical (unpaired) electrons. The molecule has 0 atom stereocenters. The molecule has 21 heavy (non-hydrogen) atoms. The molecule has 0 aliphatic carbocycles. The molecule has 0 aliphatic heterocycles. The van der Waals surface area contributed by atoms with E-state index in [2.05, 4.69) is 5.32 Å². The zero-order chi connectivity index (χ0) is 15.4. The Morgan fingerprint density at radius 1 is 1.38 bits per heavy atom. The van der Waals surface area contributed by atoms with Crippen molar-refractivity contribution in [2.24, 2.45) is 0 Å². The van der Waals surface area contributed by atoms with Gasteiger partial charge in [-0.2, -0.15) is 0 Å². The van der Waals surface area contributed by atoms with E-state index in [9.17, 15) is 4.79 Å². The number of hydrogen-bond acceptors (Lipinski definition) is 5. The number of carbonyl (C=O) groups is 1. The standard InChI is InChI=1S/C15H17ClN2OS2/c1-3-11(19)13-12(17)14(20-2)15(21-13)18-8-9-4-6-10(16)7-5-9/h4-7,18H,3,8,17H2,1-2H3. The lowest BCUT2D eigenvalue weighted by Gasteiger charge is -2.06. The fourth-order valence-corrected chi connectivity index (χ4v) is 4.07. The van der Waals surface area contributed by atoms with Gasteiger partial charge < -0.3 is 11.1 Å². The molecule has 1 aromatic carbocycles. The molecule has 3 N–H and O–H groups in total. The number of nitrogens with two attached hydrogens (primary N) is 1. The Labute approximate surface area is 137 Å². The predicted octanol–water partition coefficient (Wildman–Crippen LogP) is 4.91. The maximum absolute atomic E-state index is 11.9. The van der Waals surface area contributed by atoms with Gasteiger partial charge in [-0.15, -0.1) is 23.1 Å². The number of thiophene rings is 1. The number of thioether (sulfide) groups is 1. The number of hydrogen-bond donors (Lipinski definition) is 2. The highest BCUT2D eigenvalue weighted by molar-refractivity contribution is 7.99. The summed E-state index contributed by atoms with van der Waals surface area (Å²) in [6.07, 6.45) is 2.43. The van der Waals surface area contributed by atoms with Crippen molar-refractivity contribution >= 4 is 51.2 Å². The van der Waals surface area contributed by atoms with Gasteiger partial charge >= 0.3 is 0 Å². The van der Waals surface area contributed by atoms with Crippen molar-refractivity contribution in [2.45, 2.75) is 24.8 Å². The Hall–Kier alpha value is -1.17. The van der Waals surface area contributed by atoms with Gasteiger partial charge in [0.25, 0.3) is 0 Å². The molecule has 0 spiro atoms. The second-order valence-electron chi connectivity index (χ2n) is 4.46. The smallest absolute Gasteiger partial charge is 0.174 e. The number of Topliss-reactive ketones (excluding diaryl/α,β-unsaturated/α-hetero) is 1. The van der Waals surface area contributed by atoms with Crippen molar-refractivity contribution in [1.82, 2.24) is 0 Å². The zero-order valence-electron chi connectivity index (χ0n) is 11.9. The molecule has 1 aromatic heterocycles. The minimum absolute atomic E-state index is 0.0901. The number of nitrogens with one attached hydrogen (secondary N) is 1. The Kier molecular flexibility index (Phi) is 5.56. The van der Waals surface area contributed by atoms with E-state index >= 15 is 0 Å². The summed E-state index contributed by atoms with van der Waals surface area (Å²) < 4.78 is 0. The van der Waals surface area contributed by atoms with Crippen LogP contribution in [0.25, 0.3) is 0 Å². The average Bonchev–Trinajstić information content (AvgIpc) is 2.82. The molecule has 1 heterocycles. The number of ketones is 1. The SMILES string of the molecule is CCC(=O)c1sc(NCc2ccc(Cl)cc2)c(SC)c1N. The normalized spacial score (nSPS) is 10.6. The summed E-state index contributed by atoms with van der Waals surface area (Å²) in [6.45, 7) is 2.52. The van der Waals surface area contributed by atoms with Crippen LogP contribution in [0.2, 0.25) is 5.02 Å². The van der Waals surface area contributed by atoms with Crippen LogP contribution in [0.4, 0.5) is 10.7 Å². The van der Waals surface area contributed by atoms with Crippen LogP contribution in [0.5, 0.6) is 0 Å². The van der Waals surface area contributed by atoms with Crippen molar-refractivity contribution in [3.05, 3.63) is 39.7 Å². The zero-order valence-corrected chi connectivity index (χ0v) is 14.3. The van der Waals surface area contributed by atoms with Crippen molar-refractivity contribution in [3.8, 4) is 0 Å². The van der Waals surface area contributed by atoms with Gasteiger partial charge in [0.05, 0.1) is 15.5 Å². The first-order chi connectivity index (χ1) is 10.1. The highest BCUT2D eigenvalue weighted by Crippen LogP contribution is 2.42. The summed E-state index contributed by atoms with van der Waals surface area (Å²) in [5.74, 6) is 0.0901. The molecule has 3 nitrogen and oxygen atoms in total. The van der Waals surface area contributed by atoms with Crippen LogP contribution in [0, 0.1) is 0 Å². The first-order valence-electron chi connectivity index (χ1n) is 6.54. The second kappa shape index (κ2) is 7.20. The minimum atomic E-state index is 0.0901. The van der Waals surface area contributed by atoms with Crippen LogP contribution in [0.1, 0.15) is 28.6 Å². The Bertz CT molecular complexity index is 638. The number of benzene rings is 1. The molecule has 2 aromatic rings. The third kappa shape index (κ3) is 3.73. The Morgan fingerprint density at radius 2 is 2.05 bits per heavy atom. The molecule has 0 saturated heterocycles. The second-order valence-corrected chi connectivity index (χ2v) is 6.74. The highest BCUT2D eigenvalue weighted by atomic mass is 35.5. The van der Waals surface area contributed by atoms with E-state index in [0.29, 0.717) is 23.5 Å². The molecular formula is C15H17ClN2OS2. The summed E-state index contributed by atoms with van der Waals surface area (Å²) in [4.78, 5) is 13.5. The quantitative estimate of drug-likeness (QED) is 0.579. The molecule has 2 rings (SSSR count). The molecule has 112 valence electrons. The van der Waals surface area contributed by atoms with Crippen LogP contribution in [-0.2, 0) is 6.54 Å². The van der Waals surface area contributed by atoms with Gasteiger partial charge in [0.1, 0.15) is 5.00 Å². The summed E-state index contributed by atoms with van der Waals surface area (Å²) in [7, 11) is 0. The third-order valence-electron chi connectivity index (χ3n) is 3.04. The van der Waals surface area contributed by atoms with Gasteiger partial charge in [-0.25, -0.2) is 0 Å². The maximum Gasteiger partial charge on any atom is 0.174 e. The van der Waals surface area contributed by atoms with Crippen LogP contribution in [0.3, 0.4) is 0 Å². The number of rotatable bonds is 6. The molecule has 0 bridgehead atoms. The molecule has 0 aliphatic rings. The van der Waals surface area contributed by atoms with E-state index in [0.717, 1.165) is 20.5 Å². The summed E-state index contributed by atoms with van der Waals surface area (Å²) in [5.41, 5.74) is 7.81. The van der Waals surface area contributed by atoms with Crippen LogP contribution < -0.4 is 11.1 Å². The molecule has 6 heteroatoms. The third-order valence-corrected chi connectivity index (χ3v) is 5.46. The molecule has 0 amide bonds. The van der Waals surface area contributed by atoms with Crippen LogP contribution >= 0.6 is 34.7 Å². The first kappa shape index (κ1) is 16.2. The summed E-state index contributed by atoms with van der Waals surface area (Å²) >= 11 is 8.87. The Balaban J connectivity index is 2.19. The summed E-state index contributed by atoms with van der Waals surface area (Å²) in [6, 6.07) is 7.68.